The Kier molecular flexibility index (Phi) is 3.45. The van der Waals surface area contributed by atoms with Crippen molar-refractivity contribution < 1.29 is 24.6 Å². The lowest BCUT2D eigenvalue weighted by Gasteiger charge is -1.96. The van der Waals surface area contributed by atoms with E-state index in [0.29, 0.717) is 0 Å². The Hall–Kier alpha value is -1.07. The molecule has 0 fully saturated rings. The normalized spacial score (nSPS) is 12.2. The maximum atomic E-state index is 10.3. The van der Waals surface area contributed by atoms with Crippen molar-refractivity contribution in [3.05, 3.63) is 0 Å². The van der Waals surface area contributed by atoms with Gasteiger partial charge in [-0.1, -0.05) is 0 Å². The number of aliphatic hydroxyl groups excluding tert-OH is 2. The van der Waals surface area contributed by atoms with E-state index in [1.165, 1.54) is 0 Å². The second kappa shape index (κ2) is 3.86. The molecule has 0 saturated heterocycles. The Labute approximate surface area is 56.3 Å². The van der Waals surface area contributed by atoms with Crippen LogP contribution < -0.4 is 0 Å². The van der Waals surface area contributed by atoms with E-state index in [-0.39, 0.29) is 6.29 Å². The van der Waals surface area contributed by atoms with Gasteiger partial charge in [0.1, 0.15) is 6.61 Å². The molecular formula is C5H6O5. The number of aldehydes is 1. The van der Waals surface area contributed by atoms with Crippen LogP contribution in [0.4, 0.5) is 0 Å². The minimum Gasteiger partial charge on any atom is -0.388 e. The third-order valence-electron chi connectivity index (χ3n) is 0.816. The van der Waals surface area contributed by atoms with Gasteiger partial charge in [0.2, 0.25) is 11.6 Å². The molecule has 5 nitrogen and oxygen atoms in total. The summed E-state index contributed by atoms with van der Waals surface area (Å²) in [7, 11) is 0. The molecule has 0 heterocycles. The number of Topliss-reactive ketones (excluding diaryl/α,β-unsaturated/α-hetero) is 2. The van der Waals surface area contributed by atoms with Crippen LogP contribution in [0.2, 0.25) is 0 Å². The van der Waals surface area contributed by atoms with Crippen molar-refractivity contribution in [3.8, 4) is 0 Å². The number of hydrogen-bond acceptors (Lipinski definition) is 5. The van der Waals surface area contributed by atoms with Gasteiger partial charge in [0.05, 0.1) is 0 Å². The van der Waals surface area contributed by atoms with Crippen LogP contribution in [0.15, 0.2) is 0 Å². The molecule has 0 rings (SSSR count). The van der Waals surface area contributed by atoms with Gasteiger partial charge in [0.15, 0.2) is 12.4 Å². The zero-order chi connectivity index (χ0) is 8.15. The summed E-state index contributed by atoms with van der Waals surface area (Å²) in [5.74, 6) is -2.45. The average Bonchev–Trinajstić information content (AvgIpc) is 2.00. The van der Waals surface area contributed by atoms with Gasteiger partial charge in [-0.25, -0.2) is 0 Å². The summed E-state index contributed by atoms with van der Waals surface area (Å²) in [6, 6.07) is 0. The van der Waals surface area contributed by atoms with Gasteiger partial charge in [-0.2, -0.15) is 0 Å². The fourth-order valence-corrected chi connectivity index (χ4v) is 0.305. The van der Waals surface area contributed by atoms with E-state index in [1.54, 1.807) is 0 Å². The van der Waals surface area contributed by atoms with Crippen molar-refractivity contribution in [3.63, 3.8) is 0 Å². The first kappa shape index (κ1) is 8.93. The molecule has 0 aliphatic rings. The van der Waals surface area contributed by atoms with Crippen LogP contribution in [0.25, 0.3) is 0 Å². The summed E-state index contributed by atoms with van der Waals surface area (Å²) >= 11 is 0. The van der Waals surface area contributed by atoms with Crippen LogP contribution in [-0.2, 0) is 14.4 Å². The third kappa shape index (κ3) is 2.04. The largest absolute Gasteiger partial charge is 0.388 e. The molecule has 0 bridgehead atoms. The summed E-state index contributed by atoms with van der Waals surface area (Å²) in [6.45, 7) is -0.982. The van der Waals surface area contributed by atoms with Crippen molar-refractivity contribution in [1.29, 1.82) is 0 Å². The highest BCUT2D eigenvalue weighted by Gasteiger charge is 2.20. The highest BCUT2D eigenvalue weighted by atomic mass is 16.3. The smallest absolute Gasteiger partial charge is 0.236 e. The maximum absolute atomic E-state index is 10.3. The molecule has 0 spiro atoms. The second-order valence-electron chi connectivity index (χ2n) is 1.53. The van der Waals surface area contributed by atoms with E-state index in [4.69, 9.17) is 10.2 Å². The van der Waals surface area contributed by atoms with Crippen LogP contribution in [0.3, 0.4) is 0 Å². The fraction of sp³-hybridized carbons (Fsp3) is 0.400. The highest BCUT2D eigenvalue weighted by molar-refractivity contribution is 6.41. The Bertz CT molecular complexity index is 161. The topological polar surface area (TPSA) is 91.7 Å². The first-order valence-corrected chi connectivity index (χ1v) is 2.44. The van der Waals surface area contributed by atoms with Gasteiger partial charge in [0, 0.05) is 0 Å². The van der Waals surface area contributed by atoms with Gasteiger partial charge in [-0.05, 0) is 0 Å². The molecule has 1 atom stereocenters. The second-order valence-corrected chi connectivity index (χ2v) is 1.53. The van der Waals surface area contributed by atoms with Gasteiger partial charge in [-0.15, -0.1) is 0 Å². The Morgan fingerprint density at radius 1 is 1.50 bits per heavy atom. The van der Waals surface area contributed by atoms with E-state index in [2.05, 4.69) is 0 Å². The van der Waals surface area contributed by atoms with E-state index < -0.39 is 24.3 Å². The quantitative estimate of drug-likeness (QED) is 0.264. The Morgan fingerprint density at radius 3 is 2.30 bits per heavy atom. The number of hydrogen-bond donors (Lipinski definition) is 2. The monoisotopic (exact) mass is 146 g/mol. The van der Waals surface area contributed by atoms with Crippen molar-refractivity contribution in [2.45, 2.75) is 6.10 Å². The maximum Gasteiger partial charge on any atom is 0.236 e. The predicted molar refractivity (Wildman–Crippen MR) is 29.2 cm³/mol. The molecule has 0 aromatic heterocycles. The molecule has 2 N–H and O–H groups in total. The minimum atomic E-state index is -1.93. The summed E-state index contributed by atoms with van der Waals surface area (Å²) < 4.78 is 0. The SMILES string of the molecule is O=CC(O)C(=O)C(=O)CO. The number of ketones is 2. The fourth-order valence-electron chi connectivity index (χ4n) is 0.305. The zero-order valence-corrected chi connectivity index (χ0v) is 4.98. The molecule has 0 radical (unpaired) electrons. The Morgan fingerprint density at radius 2 is 2.00 bits per heavy atom. The van der Waals surface area contributed by atoms with E-state index in [0.717, 1.165) is 0 Å². The molecule has 0 aromatic rings. The van der Waals surface area contributed by atoms with Crippen LogP contribution in [0, 0.1) is 0 Å². The molecule has 0 aliphatic carbocycles. The van der Waals surface area contributed by atoms with Gasteiger partial charge < -0.3 is 10.2 Å². The third-order valence-corrected chi connectivity index (χ3v) is 0.816. The summed E-state index contributed by atoms with van der Waals surface area (Å²) in [6.07, 6.45) is -2.00. The minimum absolute atomic E-state index is 0.0735. The molecule has 5 heteroatoms. The van der Waals surface area contributed by atoms with Crippen molar-refractivity contribution in [2.75, 3.05) is 6.61 Å². The van der Waals surface area contributed by atoms with Crippen molar-refractivity contribution >= 4 is 17.9 Å². The van der Waals surface area contributed by atoms with E-state index in [1.807, 2.05) is 0 Å². The van der Waals surface area contributed by atoms with Gasteiger partial charge in [0.25, 0.3) is 0 Å². The molecule has 0 saturated carbocycles. The van der Waals surface area contributed by atoms with Crippen molar-refractivity contribution in [2.24, 2.45) is 0 Å². The first-order chi connectivity index (χ1) is 4.63. The summed E-state index contributed by atoms with van der Waals surface area (Å²) in [5, 5.41) is 16.4. The predicted octanol–water partition coefficient (Wildman–Crippen LogP) is -2.32. The van der Waals surface area contributed by atoms with E-state index >= 15 is 0 Å². The average molecular weight is 146 g/mol. The summed E-state index contributed by atoms with van der Waals surface area (Å²) in [4.78, 5) is 30.2. The summed E-state index contributed by atoms with van der Waals surface area (Å²) in [5.41, 5.74) is 0. The standard InChI is InChI=1S/C5H6O5/c6-1-3(8)5(10)4(9)2-7/h1,3,7-8H,2H2. The number of rotatable bonds is 4. The first-order valence-electron chi connectivity index (χ1n) is 2.44. The zero-order valence-electron chi connectivity index (χ0n) is 4.98. The number of carbonyl (C=O) groups excluding carboxylic acids is 3. The van der Waals surface area contributed by atoms with Crippen LogP contribution >= 0.6 is 0 Å². The van der Waals surface area contributed by atoms with Crippen LogP contribution in [0.5, 0.6) is 0 Å². The number of carbonyl (C=O) groups is 3. The molecule has 0 aliphatic heterocycles. The Balaban J connectivity index is 4.07. The highest BCUT2D eigenvalue weighted by Crippen LogP contribution is 1.82. The molecule has 56 valence electrons. The lowest BCUT2D eigenvalue weighted by atomic mass is 10.2. The van der Waals surface area contributed by atoms with Crippen molar-refractivity contribution in [1.82, 2.24) is 0 Å². The van der Waals surface area contributed by atoms with Gasteiger partial charge >= 0.3 is 0 Å². The number of aliphatic hydroxyl groups is 2. The molecular weight excluding hydrogens is 140 g/mol. The van der Waals surface area contributed by atoms with E-state index in [9.17, 15) is 14.4 Å². The lowest BCUT2D eigenvalue weighted by molar-refractivity contribution is -0.144. The molecule has 0 amide bonds. The van der Waals surface area contributed by atoms with Gasteiger partial charge in [-0.3, -0.25) is 14.4 Å². The molecule has 1 unspecified atom stereocenters. The van der Waals surface area contributed by atoms with Crippen LogP contribution in [0.1, 0.15) is 0 Å². The molecule has 0 aromatic carbocycles. The van der Waals surface area contributed by atoms with Crippen LogP contribution in [-0.4, -0.2) is 40.8 Å². The lowest BCUT2D eigenvalue weighted by Crippen LogP contribution is -2.31. The molecule has 10 heavy (non-hydrogen) atoms.